The van der Waals surface area contributed by atoms with Crippen molar-refractivity contribution in [2.75, 3.05) is 11.9 Å². The summed E-state index contributed by atoms with van der Waals surface area (Å²) in [5.74, 6) is -0.133. The van der Waals surface area contributed by atoms with Crippen molar-refractivity contribution in [2.24, 2.45) is 0 Å². The van der Waals surface area contributed by atoms with E-state index in [2.05, 4.69) is 5.32 Å². The number of amides is 1. The van der Waals surface area contributed by atoms with Gasteiger partial charge >= 0.3 is 0 Å². The minimum atomic E-state index is -0.393. The van der Waals surface area contributed by atoms with E-state index in [-0.39, 0.29) is 18.0 Å². The van der Waals surface area contributed by atoms with Crippen molar-refractivity contribution < 1.29 is 14.3 Å². The average molecular weight is 426 g/mol. The first-order chi connectivity index (χ1) is 15.6. The number of rotatable bonds is 7. The first-order valence-corrected chi connectivity index (χ1v) is 10.3. The summed E-state index contributed by atoms with van der Waals surface area (Å²) in [4.78, 5) is 39.1. The van der Waals surface area contributed by atoms with Gasteiger partial charge in [-0.05, 0) is 37.3 Å². The van der Waals surface area contributed by atoms with Gasteiger partial charge in [0.2, 0.25) is 11.3 Å². The maximum atomic E-state index is 13.2. The number of para-hydroxylation sites is 1. The molecule has 0 radical (unpaired) electrons. The third kappa shape index (κ3) is 4.44. The molecule has 0 aliphatic rings. The Morgan fingerprint density at radius 2 is 1.62 bits per heavy atom. The molecule has 0 aliphatic carbocycles. The summed E-state index contributed by atoms with van der Waals surface area (Å²) in [5, 5.41) is 3.16. The lowest BCUT2D eigenvalue weighted by atomic mass is 10.0. The van der Waals surface area contributed by atoms with Crippen LogP contribution in [0.1, 0.15) is 22.8 Å². The van der Waals surface area contributed by atoms with Gasteiger partial charge < -0.3 is 14.6 Å². The number of nitrogens with zero attached hydrogens (tertiary/aromatic N) is 1. The molecule has 3 aromatic carbocycles. The first-order valence-electron chi connectivity index (χ1n) is 10.3. The molecule has 1 amide bonds. The summed E-state index contributed by atoms with van der Waals surface area (Å²) < 4.78 is 7.17. The smallest absolute Gasteiger partial charge is 0.244 e. The van der Waals surface area contributed by atoms with Crippen LogP contribution in [0.4, 0.5) is 5.69 Å². The normalized spacial score (nSPS) is 10.7. The van der Waals surface area contributed by atoms with Gasteiger partial charge in [-0.15, -0.1) is 0 Å². The molecule has 0 saturated carbocycles. The summed E-state index contributed by atoms with van der Waals surface area (Å²) in [5.41, 5.74) is 1.23. The van der Waals surface area contributed by atoms with E-state index in [0.717, 1.165) is 0 Å². The Bertz CT molecular complexity index is 1330. The predicted octanol–water partition coefficient (Wildman–Crippen LogP) is 4.27. The van der Waals surface area contributed by atoms with Crippen molar-refractivity contribution in [1.29, 1.82) is 0 Å². The molecule has 4 aromatic rings. The molecular formula is C26H22N2O4. The quantitative estimate of drug-likeness (QED) is 0.448. The maximum Gasteiger partial charge on any atom is 0.244 e. The largest absolute Gasteiger partial charge is 0.494 e. The molecule has 1 heterocycles. The molecule has 1 N–H and O–H groups in total. The van der Waals surface area contributed by atoms with Crippen molar-refractivity contribution >= 4 is 28.3 Å². The van der Waals surface area contributed by atoms with E-state index >= 15 is 0 Å². The number of ether oxygens (including phenoxy) is 1. The Labute approximate surface area is 185 Å². The van der Waals surface area contributed by atoms with E-state index in [1.807, 2.05) is 25.1 Å². The second-order valence-corrected chi connectivity index (χ2v) is 7.22. The topological polar surface area (TPSA) is 77.4 Å². The molecule has 32 heavy (non-hydrogen) atoms. The van der Waals surface area contributed by atoms with E-state index < -0.39 is 11.2 Å². The van der Waals surface area contributed by atoms with Gasteiger partial charge in [-0.2, -0.15) is 0 Å². The van der Waals surface area contributed by atoms with Crippen LogP contribution in [0.5, 0.6) is 5.75 Å². The number of hydrogen-bond acceptors (Lipinski definition) is 4. The highest BCUT2D eigenvalue weighted by Gasteiger charge is 2.18. The molecule has 6 heteroatoms. The minimum Gasteiger partial charge on any atom is -0.494 e. The molecule has 0 spiro atoms. The van der Waals surface area contributed by atoms with Crippen molar-refractivity contribution in [3.63, 3.8) is 0 Å². The maximum absolute atomic E-state index is 13.2. The summed E-state index contributed by atoms with van der Waals surface area (Å²) in [7, 11) is 0. The Morgan fingerprint density at radius 1 is 0.938 bits per heavy atom. The van der Waals surface area contributed by atoms with Crippen LogP contribution in [0.3, 0.4) is 0 Å². The fourth-order valence-electron chi connectivity index (χ4n) is 3.55. The molecule has 160 valence electrons. The van der Waals surface area contributed by atoms with Crippen LogP contribution in [0.25, 0.3) is 10.9 Å². The number of anilines is 1. The highest BCUT2D eigenvalue weighted by molar-refractivity contribution is 6.10. The van der Waals surface area contributed by atoms with Crippen LogP contribution in [0, 0.1) is 0 Å². The zero-order valence-corrected chi connectivity index (χ0v) is 17.6. The average Bonchev–Trinajstić information content (AvgIpc) is 2.82. The molecule has 0 unspecified atom stereocenters. The molecule has 0 atom stereocenters. The number of pyridine rings is 1. The standard InChI is InChI=1S/C26H22N2O4/c1-2-32-20-13-14-23-21(15-20)26(31)22(25(30)18-9-5-3-6-10-18)16-28(23)17-24(29)27-19-11-7-4-8-12-19/h3-16H,2,17H2,1H3,(H,27,29). The second-order valence-electron chi connectivity index (χ2n) is 7.22. The molecular weight excluding hydrogens is 404 g/mol. The molecule has 4 rings (SSSR count). The van der Waals surface area contributed by atoms with E-state index in [1.54, 1.807) is 65.2 Å². The summed E-state index contributed by atoms with van der Waals surface area (Å²) in [6, 6.07) is 22.8. The number of ketones is 1. The van der Waals surface area contributed by atoms with Gasteiger partial charge in [-0.1, -0.05) is 48.5 Å². The minimum absolute atomic E-state index is 0.00450. The first kappa shape index (κ1) is 21.1. The van der Waals surface area contributed by atoms with Crippen LogP contribution >= 0.6 is 0 Å². The monoisotopic (exact) mass is 426 g/mol. The molecule has 0 bridgehead atoms. The highest BCUT2D eigenvalue weighted by atomic mass is 16.5. The fourth-order valence-corrected chi connectivity index (χ4v) is 3.55. The fraction of sp³-hybridized carbons (Fsp3) is 0.115. The Kier molecular flexibility index (Phi) is 6.12. The van der Waals surface area contributed by atoms with Crippen LogP contribution in [0.2, 0.25) is 0 Å². The number of nitrogens with one attached hydrogen (secondary N) is 1. The van der Waals surface area contributed by atoms with E-state index in [9.17, 15) is 14.4 Å². The summed E-state index contributed by atoms with van der Waals surface area (Å²) >= 11 is 0. The third-order valence-corrected chi connectivity index (χ3v) is 5.01. The number of carbonyl (C=O) groups excluding carboxylic acids is 2. The third-order valence-electron chi connectivity index (χ3n) is 5.01. The van der Waals surface area contributed by atoms with Gasteiger partial charge in [0, 0.05) is 17.4 Å². The number of carbonyl (C=O) groups is 2. The van der Waals surface area contributed by atoms with E-state index in [4.69, 9.17) is 4.74 Å². The number of hydrogen-bond donors (Lipinski definition) is 1. The van der Waals surface area contributed by atoms with Crippen molar-refractivity contribution in [3.8, 4) is 5.75 Å². The van der Waals surface area contributed by atoms with Gasteiger partial charge in [0.05, 0.1) is 23.1 Å². The van der Waals surface area contributed by atoms with Crippen LogP contribution in [-0.4, -0.2) is 22.9 Å². The number of fused-ring (bicyclic) bond motifs is 1. The van der Waals surface area contributed by atoms with Crippen LogP contribution < -0.4 is 15.5 Å². The van der Waals surface area contributed by atoms with Gasteiger partial charge in [0.15, 0.2) is 5.78 Å². The van der Waals surface area contributed by atoms with Crippen molar-refractivity contribution in [3.05, 3.63) is 106 Å². The van der Waals surface area contributed by atoms with Gasteiger partial charge in [-0.3, -0.25) is 14.4 Å². The summed E-state index contributed by atoms with van der Waals surface area (Å²) in [6.45, 7) is 2.24. The lowest BCUT2D eigenvalue weighted by molar-refractivity contribution is -0.116. The Balaban J connectivity index is 1.79. The molecule has 6 nitrogen and oxygen atoms in total. The predicted molar refractivity (Wildman–Crippen MR) is 124 cm³/mol. The zero-order chi connectivity index (χ0) is 22.5. The number of benzene rings is 3. The van der Waals surface area contributed by atoms with Gasteiger partial charge in [0.1, 0.15) is 12.3 Å². The lowest BCUT2D eigenvalue weighted by Gasteiger charge is -2.14. The lowest BCUT2D eigenvalue weighted by Crippen LogP contribution is -2.24. The van der Waals surface area contributed by atoms with Gasteiger partial charge in [0.25, 0.3) is 0 Å². The zero-order valence-electron chi connectivity index (χ0n) is 17.6. The van der Waals surface area contributed by atoms with Crippen molar-refractivity contribution in [2.45, 2.75) is 13.5 Å². The molecule has 0 saturated heterocycles. The second kappa shape index (κ2) is 9.31. The van der Waals surface area contributed by atoms with Crippen LogP contribution in [-0.2, 0) is 11.3 Å². The Morgan fingerprint density at radius 3 is 2.31 bits per heavy atom. The Hall–Kier alpha value is -4.19. The highest BCUT2D eigenvalue weighted by Crippen LogP contribution is 2.21. The van der Waals surface area contributed by atoms with Crippen molar-refractivity contribution in [1.82, 2.24) is 4.57 Å². The molecule has 0 fully saturated rings. The van der Waals surface area contributed by atoms with E-state index in [1.165, 1.54) is 6.20 Å². The molecule has 1 aromatic heterocycles. The number of aromatic nitrogens is 1. The summed E-state index contributed by atoms with van der Waals surface area (Å²) in [6.07, 6.45) is 1.46. The van der Waals surface area contributed by atoms with Crippen LogP contribution in [0.15, 0.2) is 89.9 Å². The van der Waals surface area contributed by atoms with Gasteiger partial charge in [-0.25, -0.2) is 0 Å². The molecule has 0 aliphatic heterocycles. The van der Waals surface area contributed by atoms with E-state index in [0.29, 0.717) is 34.5 Å². The SMILES string of the molecule is CCOc1ccc2c(c1)c(=O)c(C(=O)c1ccccc1)cn2CC(=O)Nc1ccccc1.